The maximum absolute atomic E-state index is 9.98. The molecule has 0 unspecified atom stereocenters. The average Bonchev–Trinajstić information content (AvgIpc) is 2.68. The van der Waals surface area contributed by atoms with Gasteiger partial charge in [-0.1, -0.05) is 25.1 Å². The third-order valence-corrected chi connectivity index (χ3v) is 3.81. The first kappa shape index (κ1) is 13.2. The molecule has 0 aliphatic rings. The SMILES string of the molecule is CC[C@@H](O)c1ccccc1Sc1nc(C)c(C)o1. The van der Waals surface area contributed by atoms with Gasteiger partial charge < -0.3 is 9.52 Å². The van der Waals surface area contributed by atoms with Crippen molar-refractivity contribution < 1.29 is 9.52 Å². The Balaban J connectivity index is 2.28. The van der Waals surface area contributed by atoms with Crippen molar-refractivity contribution in [2.45, 2.75) is 43.4 Å². The van der Waals surface area contributed by atoms with Gasteiger partial charge in [0.1, 0.15) is 5.76 Å². The van der Waals surface area contributed by atoms with E-state index in [0.717, 1.165) is 21.9 Å². The predicted octanol–water partition coefficient (Wildman–Crippen LogP) is 3.89. The Morgan fingerprint density at radius 2 is 2.06 bits per heavy atom. The van der Waals surface area contributed by atoms with Crippen LogP contribution in [0.4, 0.5) is 0 Å². The lowest BCUT2D eigenvalue weighted by Gasteiger charge is -2.11. The van der Waals surface area contributed by atoms with E-state index in [4.69, 9.17) is 4.42 Å². The normalized spacial score (nSPS) is 12.7. The first-order chi connectivity index (χ1) is 8.61. The molecule has 4 heteroatoms. The van der Waals surface area contributed by atoms with E-state index in [2.05, 4.69) is 4.98 Å². The number of aliphatic hydroxyl groups is 1. The molecule has 1 N–H and O–H groups in total. The lowest BCUT2D eigenvalue weighted by Crippen LogP contribution is -1.97. The summed E-state index contributed by atoms with van der Waals surface area (Å²) in [5.41, 5.74) is 1.84. The molecule has 2 aromatic rings. The summed E-state index contributed by atoms with van der Waals surface area (Å²) in [6, 6.07) is 7.81. The zero-order valence-corrected chi connectivity index (χ0v) is 11.6. The van der Waals surface area contributed by atoms with Crippen LogP contribution in [-0.2, 0) is 0 Å². The van der Waals surface area contributed by atoms with E-state index in [1.807, 2.05) is 45.0 Å². The van der Waals surface area contributed by atoms with Crippen LogP contribution in [0.3, 0.4) is 0 Å². The minimum absolute atomic E-state index is 0.439. The van der Waals surface area contributed by atoms with Crippen molar-refractivity contribution in [3.05, 3.63) is 41.3 Å². The highest BCUT2D eigenvalue weighted by atomic mass is 32.2. The van der Waals surface area contributed by atoms with Gasteiger partial charge in [-0.15, -0.1) is 0 Å². The Labute approximate surface area is 111 Å². The Morgan fingerprint density at radius 1 is 1.33 bits per heavy atom. The summed E-state index contributed by atoms with van der Waals surface area (Å²) in [6.45, 7) is 5.79. The summed E-state index contributed by atoms with van der Waals surface area (Å²) >= 11 is 1.46. The standard InChI is InChI=1S/C14H17NO2S/c1-4-12(16)11-7-5-6-8-13(11)18-14-15-9(2)10(3)17-14/h5-8,12,16H,4H2,1-3H3/t12-/m1/s1. The molecule has 0 saturated heterocycles. The number of aromatic nitrogens is 1. The van der Waals surface area contributed by atoms with Gasteiger partial charge in [-0.05, 0) is 43.7 Å². The summed E-state index contributed by atoms with van der Waals surface area (Å²) in [4.78, 5) is 5.34. The fourth-order valence-corrected chi connectivity index (χ4v) is 2.66. The number of hydrogen-bond donors (Lipinski definition) is 1. The molecule has 18 heavy (non-hydrogen) atoms. The molecule has 0 bridgehead atoms. The topological polar surface area (TPSA) is 46.3 Å². The molecule has 0 aliphatic carbocycles. The zero-order valence-electron chi connectivity index (χ0n) is 10.8. The van der Waals surface area contributed by atoms with E-state index in [-0.39, 0.29) is 0 Å². The van der Waals surface area contributed by atoms with Gasteiger partial charge in [-0.25, -0.2) is 4.98 Å². The number of aryl methyl sites for hydroxylation is 2. The first-order valence-electron chi connectivity index (χ1n) is 6.00. The summed E-state index contributed by atoms with van der Waals surface area (Å²) in [6.07, 6.45) is 0.257. The van der Waals surface area contributed by atoms with Crippen molar-refractivity contribution in [2.24, 2.45) is 0 Å². The highest BCUT2D eigenvalue weighted by Crippen LogP contribution is 2.34. The molecule has 0 amide bonds. The number of nitrogens with zero attached hydrogens (tertiary/aromatic N) is 1. The zero-order chi connectivity index (χ0) is 13.1. The number of aliphatic hydroxyl groups excluding tert-OH is 1. The quantitative estimate of drug-likeness (QED) is 0.909. The molecule has 96 valence electrons. The Morgan fingerprint density at radius 3 is 2.67 bits per heavy atom. The molecular formula is C14H17NO2S. The number of rotatable bonds is 4. The monoisotopic (exact) mass is 263 g/mol. The van der Waals surface area contributed by atoms with Gasteiger partial charge in [0, 0.05) is 4.90 Å². The minimum Gasteiger partial charge on any atom is -0.436 e. The van der Waals surface area contributed by atoms with Gasteiger partial charge in [0.05, 0.1) is 11.8 Å². The van der Waals surface area contributed by atoms with Crippen molar-refractivity contribution in [3.63, 3.8) is 0 Å². The van der Waals surface area contributed by atoms with E-state index in [1.54, 1.807) is 0 Å². The predicted molar refractivity (Wildman–Crippen MR) is 71.8 cm³/mol. The number of hydrogen-bond acceptors (Lipinski definition) is 4. The van der Waals surface area contributed by atoms with Crippen molar-refractivity contribution in [3.8, 4) is 0 Å². The van der Waals surface area contributed by atoms with Crippen molar-refractivity contribution >= 4 is 11.8 Å². The van der Waals surface area contributed by atoms with Crippen LogP contribution >= 0.6 is 11.8 Å². The lowest BCUT2D eigenvalue weighted by atomic mass is 10.1. The minimum atomic E-state index is -0.439. The maximum atomic E-state index is 9.98. The largest absolute Gasteiger partial charge is 0.436 e. The fourth-order valence-electron chi connectivity index (χ4n) is 1.65. The summed E-state index contributed by atoms with van der Waals surface area (Å²) in [7, 11) is 0. The molecule has 1 aromatic carbocycles. The van der Waals surface area contributed by atoms with Crippen LogP contribution in [0.15, 0.2) is 38.8 Å². The fraction of sp³-hybridized carbons (Fsp3) is 0.357. The van der Waals surface area contributed by atoms with Crippen LogP contribution in [-0.4, -0.2) is 10.1 Å². The first-order valence-corrected chi connectivity index (χ1v) is 6.82. The highest BCUT2D eigenvalue weighted by Gasteiger charge is 2.14. The smallest absolute Gasteiger partial charge is 0.261 e. The summed E-state index contributed by atoms with van der Waals surface area (Å²) < 4.78 is 5.56. The molecule has 0 saturated carbocycles. The third-order valence-electron chi connectivity index (χ3n) is 2.87. The van der Waals surface area contributed by atoms with E-state index in [0.29, 0.717) is 11.6 Å². The van der Waals surface area contributed by atoms with Gasteiger partial charge in [-0.3, -0.25) is 0 Å². The van der Waals surface area contributed by atoms with E-state index < -0.39 is 6.10 Å². The molecule has 3 nitrogen and oxygen atoms in total. The van der Waals surface area contributed by atoms with Gasteiger partial charge in [0.2, 0.25) is 0 Å². The molecule has 0 spiro atoms. The van der Waals surface area contributed by atoms with Gasteiger partial charge in [-0.2, -0.15) is 0 Å². The van der Waals surface area contributed by atoms with Crippen LogP contribution in [0.25, 0.3) is 0 Å². The van der Waals surface area contributed by atoms with Gasteiger partial charge in [0.15, 0.2) is 0 Å². The molecule has 2 rings (SSSR count). The summed E-state index contributed by atoms with van der Waals surface area (Å²) in [5, 5.41) is 10.6. The highest BCUT2D eigenvalue weighted by molar-refractivity contribution is 7.99. The van der Waals surface area contributed by atoms with E-state index in [9.17, 15) is 5.11 Å². The van der Waals surface area contributed by atoms with Gasteiger partial charge >= 0.3 is 0 Å². The van der Waals surface area contributed by atoms with E-state index in [1.165, 1.54) is 11.8 Å². The van der Waals surface area contributed by atoms with Crippen LogP contribution in [0.2, 0.25) is 0 Å². The van der Waals surface area contributed by atoms with Crippen molar-refractivity contribution in [2.75, 3.05) is 0 Å². The molecule has 1 atom stereocenters. The Bertz CT molecular complexity index is 517. The van der Waals surface area contributed by atoms with Crippen LogP contribution in [0.5, 0.6) is 0 Å². The van der Waals surface area contributed by atoms with Gasteiger partial charge in [0.25, 0.3) is 5.22 Å². The molecule has 1 aromatic heterocycles. The molecule has 0 radical (unpaired) electrons. The molecule has 1 heterocycles. The second-order valence-electron chi connectivity index (χ2n) is 4.19. The van der Waals surface area contributed by atoms with Crippen LogP contribution in [0.1, 0.15) is 36.5 Å². The molecule has 0 fully saturated rings. The third kappa shape index (κ3) is 2.76. The second kappa shape index (κ2) is 5.59. The molecular weight excluding hydrogens is 246 g/mol. The Hall–Kier alpha value is -1.26. The maximum Gasteiger partial charge on any atom is 0.261 e. The number of oxazole rings is 1. The molecule has 0 aliphatic heterocycles. The number of benzene rings is 1. The lowest BCUT2D eigenvalue weighted by molar-refractivity contribution is 0.171. The second-order valence-corrected chi connectivity index (χ2v) is 5.18. The van der Waals surface area contributed by atoms with Crippen LogP contribution < -0.4 is 0 Å². The van der Waals surface area contributed by atoms with Crippen molar-refractivity contribution in [1.29, 1.82) is 0 Å². The van der Waals surface area contributed by atoms with Crippen LogP contribution in [0, 0.1) is 13.8 Å². The average molecular weight is 263 g/mol. The van der Waals surface area contributed by atoms with E-state index >= 15 is 0 Å². The summed E-state index contributed by atoms with van der Waals surface area (Å²) in [5.74, 6) is 0.839. The van der Waals surface area contributed by atoms with Crippen molar-refractivity contribution in [1.82, 2.24) is 4.98 Å². The Kier molecular flexibility index (Phi) is 4.09.